The van der Waals surface area contributed by atoms with E-state index in [-0.39, 0.29) is 28.1 Å². The fourth-order valence-electron chi connectivity index (χ4n) is 7.74. The lowest BCUT2D eigenvalue weighted by molar-refractivity contribution is 0.107. The number of piperidine rings is 1. The molecule has 0 amide bonds. The number of alkyl halides is 1. The molecule has 34 heavy (non-hydrogen) atoms. The summed E-state index contributed by atoms with van der Waals surface area (Å²) >= 11 is 6.25. The van der Waals surface area contributed by atoms with Gasteiger partial charge >= 0.3 is 6.01 Å². The zero-order valence-corrected chi connectivity index (χ0v) is 20.2. The van der Waals surface area contributed by atoms with Crippen LogP contribution in [0.5, 0.6) is 6.01 Å². The van der Waals surface area contributed by atoms with Crippen LogP contribution in [0, 0.1) is 17.7 Å². The van der Waals surface area contributed by atoms with E-state index in [1.807, 2.05) is 0 Å². The summed E-state index contributed by atoms with van der Waals surface area (Å²) in [6.45, 7) is 4.74. The number of rotatable bonds is 3. The Labute approximate surface area is 203 Å². The largest absolute Gasteiger partial charge is 0.461 e. The van der Waals surface area contributed by atoms with Crippen LogP contribution in [-0.2, 0) is 0 Å². The lowest BCUT2D eigenvalue weighted by Gasteiger charge is -2.41. The monoisotopic (exact) mass is 489 g/mol. The fourth-order valence-corrected chi connectivity index (χ4v) is 7.92. The van der Waals surface area contributed by atoms with Crippen molar-refractivity contribution in [2.75, 3.05) is 31.1 Å². The highest BCUT2D eigenvalue weighted by atomic mass is 35.5. The average molecular weight is 490 g/mol. The van der Waals surface area contributed by atoms with Gasteiger partial charge < -0.3 is 9.64 Å². The zero-order valence-electron chi connectivity index (χ0n) is 19.4. The molecule has 0 spiro atoms. The van der Waals surface area contributed by atoms with Gasteiger partial charge in [-0.2, -0.15) is 9.97 Å². The van der Waals surface area contributed by atoms with Gasteiger partial charge in [-0.25, -0.2) is 13.8 Å². The molecule has 4 aliphatic heterocycles. The lowest BCUT2D eigenvalue weighted by Crippen LogP contribution is -2.46. The van der Waals surface area contributed by atoms with Crippen LogP contribution in [-0.4, -0.2) is 63.8 Å². The van der Waals surface area contributed by atoms with Crippen LogP contribution < -0.4 is 9.64 Å². The molecule has 1 aliphatic carbocycles. The number of nitrogens with zero attached hydrogens (tertiary/aromatic N) is 5. The fraction of sp³-hybridized carbons (Fsp3) is 0.720. The number of ether oxygens (including phenoxy) is 1. The van der Waals surface area contributed by atoms with E-state index in [2.05, 4.69) is 26.7 Å². The molecule has 6 nitrogen and oxygen atoms in total. The molecule has 3 saturated heterocycles. The summed E-state index contributed by atoms with van der Waals surface area (Å²) < 4.78 is 35.8. The molecule has 0 aromatic carbocycles. The van der Waals surface area contributed by atoms with E-state index in [4.69, 9.17) is 21.3 Å². The minimum atomic E-state index is -0.831. The first-order valence-electron chi connectivity index (χ1n) is 12.8. The average Bonchev–Trinajstić information content (AvgIpc) is 3.45. The maximum atomic E-state index is 15.3. The van der Waals surface area contributed by atoms with Crippen LogP contribution in [0.15, 0.2) is 0 Å². The molecule has 6 heterocycles. The van der Waals surface area contributed by atoms with Gasteiger partial charge in [0.1, 0.15) is 24.1 Å². The maximum Gasteiger partial charge on any atom is 0.319 e. The van der Waals surface area contributed by atoms with E-state index in [9.17, 15) is 4.39 Å². The Morgan fingerprint density at radius 3 is 2.94 bits per heavy atom. The summed E-state index contributed by atoms with van der Waals surface area (Å²) in [7, 11) is 0. The normalized spacial score (nSPS) is 36.6. The summed E-state index contributed by atoms with van der Waals surface area (Å²) in [5, 5.41) is 0.527. The topological polar surface area (TPSA) is 54.4 Å². The van der Waals surface area contributed by atoms with E-state index in [0.29, 0.717) is 42.8 Å². The van der Waals surface area contributed by atoms with E-state index in [0.717, 1.165) is 43.9 Å². The number of hydrogen-bond donors (Lipinski definition) is 0. The molecule has 4 fully saturated rings. The highest BCUT2D eigenvalue weighted by Gasteiger charge is 2.50. The van der Waals surface area contributed by atoms with Gasteiger partial charge in [0.05, 0.1) is 16.6 Å². The molecule has 2 bridgehead atoms. The van der Waals surface area contributed by atoms with Crippen LogP contribution in [0.1, 0.15) is 63.5 Å². The Morgan fingerprint density at radius 1 is 1.18 bits per heavy atom. The van der Waals surface area contributed by atoms with Crippen molar-refractivity contribution >= 4 is 28.3 Å². The maximum absolute atomic E-state index is 15.3. The van der Waals surface area contributed by atoms with Crippen molar-refractivity contribution in [3.63, 3.8) is 0 Å². The number of aromatic nitrogens is 3. The van der Waals surface area contributed by atoms with Crippen molar-refractivity contribution in [3.8, 4) is 6.01 Å². The molecule has 5 aliphatic rings. The first-order chi connectivity index (χ1) is 16.4. The van der Waals surface area contributed by atoms with Crippen LogP contribution >= 0.6 is 11.6 Å². The number of fused-ring (bicyclic) bond motifs is 6. The van der Waals surface area contributed by atoms with Crippen molar-refractivity contribution in [2.24, 2.45) is 11.8 Å². The second kappa shape index (κ2) is 7.60. The van der Waals surface area contributed by atoms with Gasteiger partial charge in [-0.05, 0) is 56.9 Å². The van der Waals surface area contributed by atoms with E-state index in [1.54, 1.807) is 0 Å². The predicted octanol–water partition coefficient (Wildman–Crippen LogP) is 4.88. The summed E-state index contributed by atoms with van der Waals surface area (Å²) in [4.78, 5) is 18.5. The summed E-state index contributed by atoms with van der Waals surface area (Å²) in [6.07, 6.45) is 6.26. The molecule has 0 unspecified atom stereocenters. The number of hydrogen-bond acceptors (Lipinski definition) is 6. The van der Waals surface area contributed by atoms with Crippen molar-refractivity contribution in [1.29, 1.82) is 0 Å². The van der Waals surface area contributed by atoms with Gasteiger partial charge in [-0.15, -0.1) is 0 Å². The van der Waals surface area contributed by atoms with Gasteiger partial charge in [-0.1, -0.05) is 18.5 Å². The summed E-state index contributed by atoms with van der Waals surface area (Å²) in [6, 6.07) is 0.506. The third-order valence-corrected chi connectivity index (χ3v) is 9.53. The molecule has 6 atom stereocenters. The molecule has 182 valence electrons. The van der Waals surface area contributed by atoms with Gasteiger partial charge in [0.15, 0.2) is 11.0 Å². The third kappa shape index (κ3) is 3.10. The van der Waals surface area contributed by atoms with Crippen molar-refractivity contribution in [2.45, 2.75) is 75.5 Å². The van der Waals surface area contributed by atoms with Crippen LogP contribution in [0.25, 0.3) is 10.9 Å². The quantitative estimate of drug-likeness (QED) is 0.572. The third-order valence-electron chi connectivity index (χ3n) is 9.28. The van der Waals surface area contributed by atoms with Crippen molar-refractivity contribution in [3.05, 3.63) is 16.7 Å². The van der Waals surface area contributed by atoms with Crippen LogP contribution in [0.4, 0.5) is 14.6 Å². The van der Waals surface area contributed by atoms with E-state index >= 15 is 4.39 Å². The standard InChI is InChI=1S/C25H30ClF2N5O/c1-13-7-17-15-4-3-14(8-15)10-33(17)23-18-20(13)29-22(26)19(28)21(18)30-24(31-23)34-12-25-5-2-6-32(25)11-16(27)9-25/h13-17H,2-12H2,1H3/t13-,14-,15+,16+,17+,25-/m0/s1. The highest BCUT2D eigenvalue weighted by Crippen LogP contribution is 2.49. The highest BCUT2D eigenvalue weighted by molar-refractivity contribution is 6.30. The Bertz CT molecular complexity index is 1170. The molecular weight excluding hydrogens is 460 g/mol. The Balaban J connectivity index is 1.33. The molecule has 2 aromatic heterocycles. The minimum absolute atomic E-state index is 0.132. The number of pyridine rings is 1. The van der Waals surface area contributed by atoms with Crippen LogP contribution in [0.2, 0.25) is 5.15 Å². The molecule has 1 saturated carbocycles. The van der Waals surface area contributed by atoms with E-state index in [1.165, 1.54) is 19.3 Å². The molecule has 0 radical (unpaired) electrons. The van der Waals surface area contributed by atoms with Crippen molar-refractivity contribution < 1.29 is 13.5 Å². The Morgan fingerprint density at radius 2 is 2.06 bits per heavy atom. The van der Waals surface area contributed by atoms with E-state index < -0.39 is 12.0 Å². The smallest absolute Gasteiger partial charge is 0.319 e. The molecule has 2 aromatic rings. The van der Waals surface area contributed by atoms with Gasteiger partial charge in [0.25, 0.3) is 0 Å². The SMILES string of the molecule is C[C@H]1C[C@@H]2[C@@H]3CC[C@@H](C3)CN2c2nc(OC[C@@]34CCCN3C[C@H](F)C4)nc3c(F)c(Cl)nc1c23. The molecular formula is C25H30ClF2N5O. The Hall–Kier alpha value is -1.80. The number of halogens is 3. The van der Waals surface area contributed by atoms with Gasteiger partial charge in [0, 0.05) is 31.5 Å². The Kier molecular flexibility index (Phi) is 4.80. The molecule has 9 heteroatoms. The van der Waals surface area contributed by atoms with Crippen molar-refractivity contribution in [1.82, 2.24) is 19.9 Å². The number of anilines is 1. The van der Waals surface area contributed by atoms with Gasteiger partial charge in [0.2, 0.25) is 0 Å². The second-order valence-electron chi connectivity index (χ2n) is 11.3. The first kappa shape index (κ1) is 21.5. The molecule has 7 rings (SSSR count). The van der Waals surface area contributed by atoms with Crippen LogP contribution in [0.3, 0.4) is 0 Å². The first-order valence-corrected chi connectivity index (χ1v) is 13.1. The molecule has 0 N–H and O–H groups in total. The summed E-state index contributed by atoms with van der Waals surface area (Å²) in [5.41, 5.74) is 0.660. The second-order valence-corrected chi connectivity index (χ2v) is 11.7. The predicted molar refractivity (Wildman–Crippen MR) is 126 cm³/mol. The lowest BCUT2D eigenvalue weighted by atomic mass is 9.85. The summed E-state index contributed by atoms with van der Waals surface area (Å²) in [5.74, 6) is 1.51. The van der Waals surface area contributed by atoms with Gasteiger partial charge in [-0.3, -0.25) is 4.90 Å². The minimum Gasteiger partial charge on any atom is -0.461 e. The zero-order chi connectivity index (χ0) is 23.2.